The first kappa shape index (κ1) is 26.6. The van der Waals surface area contributed by atoms with Crippen LogP contribution in [0.1, 0.15) is 57.7 Å². The fraction of sp³-hybridized carbons (Fsp3) is 0.524. The first-order chi connectivity index (χ1) is 16.6. The Bertz CT molecular complexity index is 1430. The average Bonchev–Trinajstić information content (AvgIpc) is 3.13. The van der Waals surface area contributed by atoms with Crippen molar-refractivity contribution in [2.75, 3.05) is 7.05 Å². The van der Waals surface area contributed by atoms with Crippen molar-refractivity contribution in [2.45, 2.75) is 69.5 Å². The number of sulfonamides is 1. The lowest BCUT2D eigenvalue weighted by Crippen LogP contribution is -2.34. The van der Waals surface area contributed by atoms with E-state index in [4.69, 9.17) is 16.3 Å². The second-order valence-electron chi connectivity index (χ2n) is 9.87. The molecule has 0 radical (unpaired) electrons. The van der Waals surface area contributed by atoms with Crippen molar-refractivity contribution in [1.29, 1.82) is 0 Å². The maximum Gasteiger partial charge on any atom is 0.410 e. The summed E-state index contributed by atoms with van der Waals surface area (Å²) in [6, 6.07) is 1.29. The molecule has 1 aliphatic rings. The summed E-state index contributed by atoms with van der Waals surface area (Å²) in [5.41, 5.74) is -0.655. The molecule has 3 heterocycles. The van der Waals surface area contributed by atoms with E-state index >= 15 is 0 Å². The molecule has 0 aliphatic heterocycles. The van der Waals surface area contributed by atoms with Gasteiger partial charge in [-0.1, -0.05) is 22.9 Å². The van der Waals surface area contributed by atoms with Gasteiger partial charge in [-0.25, -0.2) is 31.7 Å². The fourth-order valence-corrected chi connectivity index (χ4v) is 5.90. The number of hydrogen-bond donors (Lipinski definition) is 1. The van der Waals surface area contributed by atoms with Gasteiger partial charge < -0.3 is 9.64 Å². The average molecular weight is 563 g/mol. The lowest BCUT2D eigenvalue weighted by atomic mass is 10.2. The quantitative estimate of drug-likeness (QED) is 0.445. The fourth-order valence-electron chi connectivity index (χ4n) is 3.34. The smallest absolute Gasteiger partial charge is 0.410 e. The number of ether oxygens (including phenoxy) is 1. The van der Waals surface area contributed by atoms with E-state index in [1.54, 1.807) is 27.7 Å². The van der Waals surface area contributed by atoms with Gasteiger partial charge in [-0.3, -0.25) is 4.40 Å². The van der Waals surface area contributed by atoms with Gasteiger partial charge in [-0.15, -0.1) is 10.2 Å². The molecule has 0 aromatic carbocycles. The summed E-state index contributed by atoms with van der Waals surface area (Å²) in [5, 5.41) is 6.90. The summed E-state index contributed by atoms with van der Waals surface area (Å²) >= 11 is 7.17. The summed E-state index contributed by atoms with van der Waals surface area (Å²) < 4.78 is 61.8. The highest BCUT2D eigenvalue weighted by Crippen LogP contribution is 2.37. The zero-order chi connectivity index (χ0) is 26.6. The number of rotatable bonds is 7. The molecule has 1 N–H and O–H groups in total. The molecule has 3 aromatic heterocycles. The van der Waals surface area contributed by atoms with Gasteiger partial charge in [0.05, 0.1) is 22.8 Å². The molecule has 4 rings (SSSR count). The molecule has 1 saturated carbocycles. The third-order valence-electron chi connectivity index (χ3n) is 5.34. The Morgan fingerprint density at radius 2 is 2.03 bits per heavy atom. The first-order valence-corrected chi connectivity index (χ1v) is 13.6. The predicted octanol–water partition coefficient (Wildman–Crippen LogP) is 4.64. The monoisotopic (exact) mass is 562 g/mol. The minimum Gasteiger partial charge on any atom is -0.444 e. The minimum atomic E-state index is -3.94. The SMILES string of the molecule is CN(Cc1nc(-c2nnc(C(F)F)s2)n2cc(S(=O)(=O)NC3(C)CC3)cc(Cl)c12)C(=O)OC(C)(C)C. The standard InChI is InChI=1S/C21H25ClF2N6O4S2/c1-20(2,3)34-19(31)29(5)10-13-14-12(22)8-11(36(32,33)28-21(4)6-7-21)9-30(14)16(25-13)18-27-26-17(35-18)15(23)24/h8-9,15,28H,6-7,10H2,1-5H3. The Hall–Kier alpha value is -2.42. The number of fused-ring (bicyclic) bond motifs is 1. The molecule has 0 saturated heterocycles. The summed E-state index contributed by atoms with van der Waals surface area (Å²) in [4.78, 5) is 18.2. The Labute approximate surface area is 215 Å². The van der Waals surface area contributed by atoms with Crippen molar-refractivity contribution in [1.82, 2.24) is 29.2 Å². The highest BCUT2D eigenvalue weighted by Gasteiger charge is 2.41. The third kappa shape index (κ3) is 5.61. The van der Waals surface area contributed by atoms with Crippen LogP contribution in [0.25, 0.3) is 16.3 Å². The number of nitrogens with zero attached hydrogens (tertiary/aromatic N) is 5. The summed E-state index contributed by atoms with van der Waals surface area (Å²) in [6.07, 6.45) is -0.721. The van der Waals surface area contributed by atoms with Gasteiger partial charge in [0.2, 0.25) is 10.0 Å². The maximum absolute atomic E-state index is 13.2. The zero-order valence-electron chi connectivity index (χ0n) is 20.2. The first-order valence-electron chi connectivity index (χ1n) is 10.9. The second kappa shape index (κ2) is 9.15. The van der Waals surface area contributed by atoms with Crippen LogP contribution in [-0.2, 0) is 21.3 Å². The molecule has 1 aliphatic carbocycles. The molecule has 0 atom stereocenters. The van der Waals surface area contributed by atoms with Gasteiger partial charge in [0.15, 0.2) is 15.8 Å². The van der Waals surface area contributed by atoms with Gasteiger partial charge in [-0.2, -0.15) is 0 Å². The number of nitrogens with one attached hydrogen (secondary N) is 1. The van der Waals surface area contributed by atoms with Crippen LogP contribution in [-0.4, -0.2) is 57.2 Å². The number of alkyl halides is 2. The number of carbonyl (C=O) groups is 1. The lowest BCUT2D eigenvalue weighted by molar-refractivity contribution is 0.0284. The molecule has 15 heteroatoms. The Morgan fingerprint density at radius 3 is 2.58 bits per heavy atom. The van der Waals surface area contributed by atoms with Gasteiger partial charge in [0, 0.05) is 18.8 Å². The van der Waals surface area contributed by atoms with Crippen molar-refractivity contribution in [3.63, 3.8) is 0 Å². The van der Waals surface area contributed by atoms with Crippen LogP contribution in [0, 0.1) is 0 Å². The number of hydrogen-bond acceptors (Lipinski definition) is 8. The third-order valence-corrected chi connectivity index (χ3v) is 8.16. The number of pyridine rings is 1. The van der Waals surface area contributed by atoms with Gasteiger partial charge in [0.25, 0.3) is 6.43 Å². The number of imidazole rings is 1. The van der Waals surface area contributed by atoms with Crippen molar-refractivity contribution >= 4 is 44.6 Å². The van der Waals surface area contributed by atoms with E-state index in [2.05, 4.69) is 19.9 Å². The number of aromatic nitrogens is 4. The lowest BCUT2D eigenvalue weighted by Gasteiger charge is -2.24. The van der Waals surface area contributed by atoms with E-state index < -0.39 is 38.7 Å². The highest BCUT2D eigenvalue weighted by atomic mass is 35.5. The van der Waals surface area contributed by atoms with Crippen LogP contribution >= 0.6 is 22.9 Å². The van der Waals surface area contributed by atoms with Crippen LogP contribution in [0.15, 0.2) is 17.2 Å². The minimum absolute atomic E-state index is 0.0409. The topological polar surface area (TPSA) is 119 Å². The number of halogens is 3. The van der Waals surface area contributed by atoms with E-state index in [1.807, 2.05) is 0 Å². The van der Waals surface area contributed by atoms with Gasteiger partial charge in [0.1, 0.15) is 10.5 Å². The van der Waals surface area contributed by atoms with E-state index in [1.165, 1.54) is 28.6 Å². The molecular weight excluding hydrogens is 538 g/mol. The molecule has 36 heavy (non-hydrogen) atoms. The molecule has 0 bridgehead atoms. The van der Waals surface area contributed by atoms with E-state index in [0.717, 1.165) is 0 Å². The van der Waals surface area contributed by atoms with Crippen molar-refractivity contribution in [3.05, 3.63) is 28.0 Å². The summed E-state index contributed by atoms with van der Waals surface area (Å²) in [7, 11) is -2.44. The van der Waals surface area contributed by atoms with Crippen molar-refractivity contribution in [3.8, 4) is 10.8 Å². The molecule has 1 fully saturated rings. The van der Waals surface area contributed by atoms with E-state index in [9.17, 15) is 22.0 Å². The molecule has 0 unspecified atom stereocenters. The number of amides is 1. The molecular formula is C21H25ClF2N6O4S2. The Balaban J connectivity index is 1.82. The van der Waals surface area contributed by atoms with Crippen molar-refractivity contribution < 1.29 is 26.7 Å². The normalized spacial score (nSPS) is 15.5. The Kier molecular flexibility index (Phi) is 6.77. The van der Waals surface area contributed by atoms with Crippen LogP contribution < -0.4 is 4.72 Å². The summed E-state index contributed by atoms with van der Waals surface area (Å²) in [5.74, 6) is 0.0681. The molecule has 10 nitrogen and oxygen atoms in total. The maximum atomic E-state index is 13.2. The Morgan fingerprint density at radius 1 is 1.36 bits per heavy atom. The molecule has 196 valence electrons. The van der Waals surface area contributed by atoms with Gasteiger partial charge >= 0.3 is 6.09 Å². The van der Waals surface area contributed by atoms with E-state index in [0.29, 0.717) is 35.4 Å². The van der Waals surface area contributed by atoms with Crippen LogP contribution in [0.4, 0.5) is 13.6 Å². The highest BCUT2D eigenvalue weighted by molar-refractivity contribution is 7.89. The van der Waals surface area contributed by atoms with E-state index in [-0.39, 0.29) is 27.3 Å². The predicted molar refractivity (Wildman–Crippen MR) is 130 cm³/mol. The second-order valence-corrected chi connectivity index (χ2v) is 13.0. The number of carbonyl (C=O) groups excluding carboxylic acids is 1. The molecule has 1 amide bonds. The molecule has 3 aromatic rings. The van der Waals surface area contributed by atoms with Crippen molar-refractivity contribution in [2.24, 2.45) is 0 Å². The largest absolute Gasteiger partial charge is 0.444 e. The zero-order valence-corrected chi connectivity index (χ0v) is 22.6. The summed E-state index contributed by atoms with van der Waals surface area (Å²) in [6.45, 7) is 6.93. The van der Waals surface area contributed by atoms with Crippen LogP contribution in [0.2, 0.25) is 5.02 Å². The van der Waals surface area contributed by atoms with Crippen LogP contribution in [0.3, 0.4) is 0 Å². The van der Waals surface area contributed by atoms with Crippen LogP contribution in [0.5, 0.6) is 0 Å². The van der Waals surface area contributed by atoms with Gasteiger partial charge in [-0.05, 0) is 46.6 Å². The molecule has 0 spiro atoms.